The molecule has 5 nitrogen and oxygen atoms in total. The van der Waals surface area contributed by atoms with E-state index in [1.54, 1.807) is 12.1 Å². The SMILES string of the molecule is CC1(C)OB(c2ccc([C@@H](C#N)CC(=O)O)cc2)OC1(C)C. The summed E-state index contributed by atoms with van der Waals surface area (Å²) in [4.78, 5) is 10.8. The van der Waals surface area contributed by atoms with E-state index in [9.17, 15) is 4.79 Å². The molecular formula is C16H20BNO4. The number of carbonyl (C=O) groups is 1. The molecular weight excluding hydrogens is 281 g/mol. The Balaban J connectivity index is 2.17. The second-order valence-corrected chi connectivity index (χ2v) is 6.53. The fourth-order valence-electron chi connectivity index (χ4n) is 2.28. The van der Waals surface area contributed by atoms with Gasteiger partial charge in [0.15, 0.2) is 0 Å². The molecule has 0 aliphatic carbocycles. The van der Waals surface area contributed by atoms with Crippen LogP contribution in [0.15, 0.2) is 24.3 Å². The van der Waals surface area contributed by atoms with Crippen LogP contribution in [0.25, 0.3) is 0 Å². The van der Waals surface area contributed by atoms with Crippen molar-refractivity contribution < 1.29 is 19.2 Å². The molecule has 0 radical (unpaired) electrons. The minimum absolute atomic E-state index is 0.202. The molecule has 0 spiro atoms. The number of benzene rings is 1. The highest BCUT2D eigenvalue weighted by Crippen LogP contribution is 2.36. The maximum Gasteiger partial charge on any atom is 0.494 e. The number of nitrogens with zero attached hydrogens (tertiary/aromatic N) is 1. The van der Waals surface area contributed by atoms with Crippen molar-refractivity contribution in [2.24, 2.45) is 0 Å². The third kappa shape index (κ3) is 3.16. The summed E-state index contributed by atoms with van der Waals surface area (Å²) in [5.41, 5.74) is 0.725. The van der Waals surface area contributed by atoms with E-state index >= 15 is 0 Å². The summed E-state index contributed by atoms with van der Waals surface area (Å²) in [6.07, 6.45) is -0.202. The van der Waals surface area contributed by atoms with E-state index in [-0.39, 0.29) is 6.42 Å². The number of nitriles is 1. The van der Waals surface area contributed by atoms with Gasteiger partial charge in [-0.15, -0.1) is 0 Å². The minimum Gasteiger partial charge on any atom is -0.481 e. The van der Waals surface area contributed by atoms with E-state index in [2.05, 4.69) is 0 Å². The lowest BCUT2D eigenvalue weighted by atomic mass is 9.78. The maximum atomic E-state index is 10.8. The fraction of sp³-hybridized carbons (Fsp3) is 0.500. The van der Waals surface area contributed by atoms with Gasteiger partial charge in [-0.25, -0.2) is 0 Å². The molecule has 1 N–H and O–H groups in total. The monoisotopic (exact) mass is 301 g/mol. The Morgan fingerprint density at radius 1 is 1.23 bits per heavy atom. The van der Waals surface area contributed by atoms with Gasteiger partial charge in [0.1, 0.15) is 0 Å². The molecule has 1 fully saturated rings. The molecule has 0 bridgehead atoms. The lowest BCUT2D eigenvalue weighted by Gasteiger charge is -2.32. The van der Waals surface area contributed by atoms with Crippen molar-refractivity contribution in [1.29, 1.82) is 5.26 Å². The van der Waals surface area contributed by atoms with E-state index < -0.39 is 30.2 Å². The van der Waals surface area contributed by atoms with Crippen LogP contribution >= 0.6 is 0 Å². The zero-order valence-corrected chi connectivity index (χ0v) is 13.3. The summed E-state index contributed by atoms with van der Waals surface area (Å²) < 4.78 is 11.9. The molecule has 1 aromatic rings. The van der Waals surface area contributed by atoms with Crippen molar-refractivity contribution in [3.8, 4) is 6.07 Å². The molecule has 0 unspecified atom stereocenters. The molecule has 1 atom stereocenters. The first-order valence-electron chi connectivity index (χ1n) is 7.23. The van der Waals surface area contributed by atoms with Crippen molar-refractivity contribution >= 4 is 18.6 Å². The Kier molecular flexibility index (Phi) is 4.32. The average molecular weight is 301 g/mol. The van der Waals surface area contributed by atoms with Gasteiger partial charge in [-0.3, -0.25) is 4.79 Å². The van der Waals surface area contributed by atoms with Crippen molar-refractivity contribution in [2.75, 3.05) is 0 Å². The summed E-state index contributed by atoms with van der Waals surface area (Å²) in [7, 11) is -0.459. The topological polar surface area (TPSA) is 79.5 Å². The molecule has 1 heterocycles. The van der Waals surface area contributed by atoms with Crippen LogP contribution in [0.4, 0.5) is 0 Å². The van der Waals surface area contributed by atoms with Crippen molar-refractivity contribution in [1.82, 2.24) is 0 Å². The smallest absolute Gasteiger partial charge is 0.481 e. The molecule has 1 aromatic carbocycles. The average Bonchev–Trinajstić information content (AvgIpc) is 2.65. The zero-order valence-electron chi connectivity index (χ0n) is 13.3. The predicted molar refractivity (Wildman–Crippen MR) is 82.8 cm³/mol. The number of hydrogen-bond donors (Lipinski definition) is 1. The van der Waals surface area contributed by atoms with Gasteiger partial charge in [0, 0.05) is 0 Å². The van der Waals surface area contributed by atoms with Gasteiger partial charge >= 0.3 is 13.1 Å². The standard InChI is InChI=1S/C16H20BNO4/c1-15(2)16(3,4)22-17(21-15)13-7-5-11(6-8-13)12(10-18)9-14(19)20/h5-8,12H,9H2,1-4H3,(H,19,20)/t12-/m1/s1. The quantitative estimate of drug-likeness (QED) is 0.861. The first-order chi connectivity index (χ1) is 10.2. The third-order valence-electron chi connectivity index (χ3n) is 4.40. The zero-order chi connectivity index (χ0) is 16.5. The van der Waals surface area contributed by atoms with Gasteiger partial charge in [0.25, 0.3) is 0 Å². The van der Waals surface area contributed by atoms with Crippen molar-refractivity contribution in [3.63, 3.8) is 0 Å². The van der Waals surface area contributed by atoms with Gasteiger partial charge in [0.05, 0.1) is 29.6 Å². The molecule has 116 valence electrons. The normalized spacial score (nSPS) is 20.4. The summed E-state index contributed by atoms with van der Waals surface area (Å²) in [6.45, 7) is 7.94. The van der Waals surface area contributed by atoms with E-state index in [1.807, 2.05) is 45.9 Å². The van der Waals surface area contributed by atoms with Crippen LogP contribution in [0.1, 0.15) is 45.6 Å². The summed E-state index contributed by atoms with van der Waals surface area (Å²) in [5, 5.41) is 17.9. The fourth-order valence-corrected chi connectivity index (χ4v) is 2.28. The van der Waals surface area contributed by atoms with Crippen LogP contribution in [0.5, 0.6) is 0 Å². The minimum atomic E-state index is -0.985. The Morgan fingerprint density at radius 3 is 2.14 bits per heavy atom. The largest absolute Gasteiger partial charge is 0.494 e. The lowest BCUT2D eigenvalue weighted by Crippen LogP contribution is -2.41. The molecule has 2 rings (SSSR count). The molecule has 1 saturated heterocycles. The van der Waals surface area contributed by atoms with Gasteiger partial charge in [0.2, 0.25) is 0 Å². The highest BCUT2D eigenvalue weighted by molar-refractivity contribution is 6.62. The van der Waals surface area contributed by atoms with Crippen LogP contribution in [-0.2, 0) is 14.1 Å². The Morgan fingerprint density at radius 2 is 1.73 bits per heavy atom. The van der Waals surface area contributed by atoms with E-state index in [0.717, 1.165) is 5.46 Å². The second-order valence-electron chi connectivity index (χ2n) is 6.53. The van der Waals surface area contributed by atoms with Crippen molar-refractivity contribution in [2.45, 2.75) is 51.2 Å². The molecule has 22 heavy (non-hydrogen) atoms. The number of aliphatic carboxylic acids is 1. The number of carboxylic acids is 1. The van der Waals surface area contributed by atoms with Crippen LogP contribution in [0.3, 0.4) is 0 Å². The van der Waals surface area contributed by atoms with Gasteiger partial charge < -0.3 is 14.4 Å². The molecule has 0 amide bonds. The van der Waals surface area contributed by atoms with Crippen molar-refractivity contribution in [3.05, 3.63) is 29.8 Å². The third-order valence-corrected chi connectivity index (χ3v) is 4.40. The predicted octanol–water partition coefficient (Wildman–Crippen LogP) is 2.07. The van der Waals surface area contributed by atoms with E-state index in [1.165, 1.54) is 0 Å². The van der Waals surface area contributed by atoms with E-state index in [4.69, 9.17) is 19.7 Å². The molecule has 6 heteroatoms. The van der Waals surface area contributed by atoms with Gasteiger partial charge in [-0.05, 0) is 38.7 Å². The van der Waals surface area contributed by atoms with Gasteiger partial charge in [-0.1, -0.05) is 24.3 Å². The first kappa shape index (κ1) is 16.5. The number of carboxylic acid groups (broad SMARTS) is 1. The van der Waals surface area contributed by atoms with E-state index in [0.29, 0.717) is 5.56 Å². The van der Waals surface area contributed by atoms with Crippen LogP contribution in [0.2, 0.25) is 0 Å². The highest BCUT2D eigenvalue weighted by atomic mass is 16.7. The number of rotatable bonds is 4. The lowest BCUT2D eigenvalue weighted by molar-refractivity contribution is -0.137. The molecule has 0 saturated carbocycles. The summed E-state index contributed by atoms with van der Waals surface area (Å²) in [6, 6.07) is 9.19. The molecule has 1 aliphatic heterocycles. The molecule has 1 aliphatic rings. The molecule has 0 aromatic heterocycles. The number of hydrogen-bond acceptors (Lipinski definition) is 4. The van der Waals surface area contributed by atoms with Gasteiger partial charge in [-0.2, -0.15) is 5.26 Å². The van der Waals surface area contributed by atoms with Crippen LogP contribution < -0.4 is 5.46 Å². The Hall–Kier alpha value is -1.84. The summed E-state index contributed by atoms with van der Waals surface area (Å²) >= 11 is 0. The van der Waals surface area contributed by atoms with Crippen LogP contribution in [-0.4, -0.2) is 29.4 Å². The maximum absolute atomic E-state index is 10.8. The Labute approximate surface area is 131 Å². The highest BCUT2D eigenvalue weighted by Gasteiger charge is 2.51. The second kappa shape index (κ2) is 5.75. The Bertz CT molecular complexity index is 588. The van der Waals surface area contributed by atoms with Crippen LogP contribution in [0, 0.1) is 11.3 Å². The summed E-state index contributed by atoms with van der Waals surface area (Å²) in [5.74, 6) is -1.63. The first-order valence-corrected chi connectivity index (χ1v) is 7.23.